The predicted molar refractivity (Wildman–Crippen MR) is 112 cm³/mol. The minimum absolute atomic E-state index is 0.0967. The van der Waals surface area contributed by atoms with Crippen molar-refractivity contribution in [3.63, 3.8) is 0 Å². The number of methoxy groups -OCH3 is 1. The number of carbonyl (C=O) groups is 2. The Kier molecular flexibility index (Phi) is 6.15. The lowest BCUT2D eigenvalue weighted by molar-refractivity contribution is -0.133. The first kappa shape index (κ1) is 20.3. The summed E-state index contributed by atoms with van der Waals surface area (Å²) in [5.41, 5.74) is 0.621. The number of halogens is 1. The molecule has 0 atom stereocenters. The average Bonchev–Trinajstić information content (AvgIpc) is 3.36. The van der Waals surface area contributed by atoms with Gasteiger partial charge in [-0.2, -0.15) is 0 Å². The molecule has 156 valence electrons. The van der Waals surface area contributed by atoms with Crippen LogP contribution in [0.5, 0.6) is 0 Å². The first-order chi connectivity index (χ1) is 14.1. The quantitative estimate of drug-likeness (QED) is 0.736. The van der Waals surface area contributed by atoms with Crippen LogP contribution in [0.3, 0.4) is 0 Å². The zero-order valence-corrected chi connectivity index (χ0v) is 17.6. The highest BCUT2D eigenvalue weighted by molar-refractivity contribution is 7.21. The second kappa shape index (κ2) is 8.79. The monoisotopic (exact) mass is 418 g/mol. The number of ether oxygens (including phenoxy) is 1. The Morgan fingerprint density at radius 1 is 1.14 bits per heavy atom. The molecule has 2 fully saturated rings. The fraction of sp³-hybridized carbons (Fsp3) is 0.545. The highest BCUT2D eigenvalue weighted by Gasteiger charge is 2.29. The number of benzene rings is 1. The molecule has 29 heavy (non-hydrogen) atoms. The molecule has 4 rings (SSSR count). The van der Waals surface area contributed by atoms with Crippen LogP contribution >= 0.6 is 11.3 Å². The Bertz CT molecular complexity index is 899. The fourth-order valence-corrected chi connectivity index (χ4v) is 5.71. The summed E-state index contributed by atoms with van der Waals surface area (Å²) in [4.78, 5) is 30.0. The summed E-state index contributed by atoms with van der Waals surface area (Å²) in [5, 5.41) is 0.480. The summed E-state index contributed by atoms with van der Waals surface area (Å²) >= 11 is 1.32. The van der Waals surface area contributed by atoms with Gasteiger partial charge in [0.15, 0.2) is 0 Å². The van der Waals surface area contributed by atoms with E-state index in [4.69, 9.17) is 4.74 Å². The molecule has 0 radical (unpaired) electrons. The van der Waals surface area contributed by atoms with Crippen molar-refractivity contribution in [1.82, 2.24) is 9.80 Å². The average molecular weight is 419 g/mol. The Balaban J connectivity index is 1.45. The number of carbonyl (C=O) groups excluding carboxylic acids is 2. The number of fused-ring (bicyclic) bond motifs is 1. The molecular weight excluding hydrogens is 391 g/mol. The highest BCUT2D eigenvalue weighted by Crippen LogP contribution is 2.35. The Labute approximate surface area is 174 Å². The minimum Gasteiger partial charge on any atom is -0.380 e. The van der Waals surface area contributed by atoms with Crippen LogP contribution in [0.1, 0.15) is 47.3 Å². The van der Waals surface area contributed by atoms with E-state index in [9.17, 15) is 14.0 Å². The van der Waals surface area contributed by atoms with Crippen molar-refractivity contribution in [2.45, 2.75) is 38.7 Å². The summed E-state index contributed by atoms with van der Waals surface area (Å²) in [6.45, 7) is 2.35. The lowest BCUT2D eigenvalue weighted by atomic mass is 10.0. The third-order valence-corrected chi connectivity index (χ3v) is 7.29. The topological polar surface area (TPSA) is 49.9 Å². The van der Waals surface area contributed by atoms with Crippen molar-refractivity contribution in [1.29, 1.82) is 0 Å². The van der Waals surface area contributed by atoms with Crippen molar-refractivity contribution in [2.24, 2.45) is 5.92 Å². The molecule has 1 saturated heterocycles. The number of rotatable bonds is 5. The van der Waals surface area contributed by atoms with E-state index >= 15 is 0 Å². The van der Waals surface area contributed by atoms with Gasteiger partial charge in [-0.1, -0.05) is 18.9 Å². The van der Waals surface area contributed by atoms with Gasteiger partial charge in [-0.15, -0.1) is 11.3 Å². The fourth-order valence-electron chi connectivity index (χ4n) is 4.52. The second-order valence-electron chi connectivity index (χ2n) is 7.98. The highest BCUT2D eigenvalue weighted by atomic mass is 32.1. The van der Waals surface area contributed by atoms with Crippen LogP contribution in [-0.4, -0.2) is 54.9 Å². The molecule has 5 nitrogen and oxygen atoms in total. The normalized spacial score (nSPS) is 18.0. The molecule has 2 aromatic rings. The Morgan fingerprint density at radius 3 is 2.52 bits per heavy atom. The zero-order chi connectivity index (χ0) is 20.4. The molecule has 0 bridgehead atoms. The molecule has 1 saturated carbocycles. The van der Waals surface area contributed by atoms with E-state index in [1.165, 1.54) is 30.2 Å². The SMILES string of the molecule is COCc1c(C(=O)N2CCN(C(=O)CC3CCCC3)CC2)sc2cccc(F)c12. The van der Waals surface area contributed by atoms with Crippen molar-refractivity contribution < 1.29 is 18.7 Å². The lowest BCUT2D eigenvalue weighted by Gasteiger charge is -2.35. The van der Waals surface area contributed by atoms with Crippen LogP contribution in [0, 0.1) is 11.7 Å². The van der Waals surface area contributed by atoms with Crippen LogP contribution in [0.2, 0.25) is 0 Å². The number of hydrogen-bond donors (Lipinski definition) is 0. The lowest BCUT2D eigenvalue weighted by Crippen LogP contribution is -2.50. The van der Waals surface area contributed by atoms with Crippen molar-refractivity contribution >= 4 is 33.2 Å². The third kappa shape index (κ3) is 4.16. The summed E-state index contributed by atoms with van der Waals surface area (Å²) in [7, 11) is 1.55. The third-order valence-electron chi connectivity index (χ3n) is 6.10. The van der Waals surface area contributed by atoms with E-state index in [0.717, 1.165) is 17.5 Å². The standard InChI is InChI=1S/C22H27FN2O3S/c1-28-14-16-20-17(23)7-4-8-18(20)29-21(16)22(27)25-11-9-24(10-12-25)19(26)13-15-5-2-3-6-15/h4,7-8,15H,2-3,5-6,9-14H2,1H3. The summed E-state index contributed by atoms with van der Waals surface area (Å²) < 4.78 is 20.4. The van der Waals surface area contributed by atoms with Crippen LogP contribution < -0.4 is 0 Å². The van der Waals surface area contributed by atoms with Gasteiger partial charge in [0.25, 0.3) is 5.91 Å². The van der Waals surface area contributed by atoms with E-state index in [1.807, 2.05) is 11.0 Å². The van der Waals surface area contributed by atoms with E-state index in [1.54, 1.807) is 18.1 Å². The maximum absolute atomic E-state index is 14.4. The van der Waals surface area contributed by atoms with Gasteiger partial charge in [0.2, 0.25) is 5.91 Å². The van der Waals surface area contributed by atoms with Gasteiger partial charge in [0.05, 0.1) is 11.5 Å². The van der Waals surface area contributed by atoms with Gasteiger partial charge in [-0.05, 0) is 30.9 Å². The molecular formula is C22H27FN2O3S. The molecule has 7 heteroatoms. The number of piperazine rings is 1. The molecule has 2 aliphatic rings. The molecule has 1 aromatic carbocycles. The van der Waals surface area contributed by atoms with Gasteiger partial charge in [0, 0.05) is 55.4 Å². The molecule has 1 aliphatic heterocycles. The Morgan fingerprint density at radius 2 is 1.83 bits per heavy atom. The Hall–Kier alpha value is -1.99. The van der Waals surface area contributed by atoms with Crippen LogP contribution in [0.15, 0.2) is 18.2 Å². The van der Waals surface area contributed by atoms with E-state index in [2.05, 4.69) is 0 Å². The molecule has 0 N–H and O–H groups in total. The predicted octanol–water partition coefficient (Wildman–Crippen LogP) is 4.05. The van der Waals surface area contributed by atoms with Crippen molar-refractivity contribution in [2.75, 3.05) is 33.3 Å². The maximum Gasteiger partial charge on any atom is 0.264 e. The summed E-state index contributed by atoms with van der Waals surface area (Å²) in [6, 6.07) is 4.91. The van der Waals surface area contributed by atoms with E-state index < -0.39 is 0 Å². The van der Waals surface area contributed by atoms with E-state index in [0.29, 0.717) is 54.3 Å². The number of nitrogens with zero attached hydrogens (tertiary/aromatic N) is 2. The number of amides is 2. The minimum atomic E-state index is -0.327. The largest absolute Gasteiger partial charge is 0.380 e. The van der Waals surface area contributed by atoms with Gasteiger partial charge >= 0.3 is 0 Å². The first-order valence-electron chi connectivity index (χ1n) is 10.3. The van der Waals surface area contributed by atoms with Crippen molar-refractivity contribution in [3.8, 4) is 0 Å². The molecule has 1 aliphatic carbocycles. The number of hydrogen-bond acceptors (Lipinski definition) is 4. The van der Waals surface area contributed by atoms with Gasteiger partial charge in [0.1, 0.15) is 5.82 Å². The summed E-state index contributed by atoms with van der Waals surface area (Å²) in [5.74, 6) is 0.327. The smallest absolute Gasteiger partial charge is 0.264 e. The second-order valence-corrected chi connectivity index (χ2v) is 9.04. The van der Waals surface area contributed by atoms with Gasteiger partial charge < -0.3 is 14.5 Å². The summed E-state index contributed by atoms with van der Waals surface area (Å²) in [6.07, 6.45) is 5.44. The number of thiophene rings is 1. The molecule has 1 aromatic heterocycles. The molecule has 2 heterocycles. The molecule has 2 amide bonds. The van der Waals surface area contributed by atoms with Crippen molar-refractivity contribution in [3.05, 3.63) is 34.5 Å². The van der Waals surface area contributed by atoms with Crippen LogP contribution in [0.25, 0.3) is 10.1 Å². The first-order valence-corrected chi connectivity index (χ1v) is 11.2. The van der Waals surface area contributed by atoms with Gasteiger partial charge in [-0.25, -0.2) is 4.39 Å². The van der Waals surface area contributed by atoms with Gasteiger partial charge in [-0.3, -0.25) is 9.59 Å². The van der Waals surface area contributed by atoms with E-state index in [-0.39, 0.29) is 24.2 Å². The maximum atomic E-state index is 14.4. The molecule has 0 spiro atoms. The van der Waals surface area contributed by atoms with Crippen LogP contribution in [-0.2, 0) is 16.1 Å². The zero-order valence-electron chi connectivity index (χ0n) is 16.8. The van der Waals surface area contributed by atoms with Crippen LogP contribution in [0.4, 0.5) is 4.39 Å². The molecule has 0 unspecified atom stereocenters.